The van der Waals surface area contributed by atoms with Crippen LogP contribution >= 0.6 is 0 Å². The first kappa shape index (κ1) is 17.4. The lowest BCUT2D eigenvalue weighted by Crippen LogP contribution is -2.28. The van der Waals surface area contributed by atoms with Crippen LogP contribution in [0.4, 0.5) is 5.69 Å². The normalized spacial score (nSPS) is 13.6. The molecule has 1 aliphatic rings. The van der Waals surface area contributed by atoms with E-state index in [-0.39, 0.29) is 11.5 Å². The highest BCUT2D eigenvalue weighted by Gasteiger charge is 2.25. The van der Waals surface area contributed by atoms with Crippen LogP contribution in [0.1, 0.15) is 36.7 Å². The van der Waals surface area contributed by atoms with Crippen molar-refractivity contribution >= 4 is 11.6 Å². The van der Waals surface area contributed by atoms with Crippen LogP contribution < -0.4 is 9.64 Å². The lowest BCUT2D eigenvalue weighted by atomic mass is 10.2. The third-order valence-electron chi connectivity index (χ3n) is 3.98. The van der Waals surface area contributed by atoms with E-state index in [2.05, 4.69) is 11.1 Å². The molecule has 2 aromatic rings. The van der Waals surface area contributed by atoms with Gasteiger partial charge in [0, 0.05) is 24.5 Å². The van der Waals surface area contributed by atoms with Crippen molar-refractivity contribution in [1.29, 1.82) is 0 Å². The first-order valence-corrected chi connectivity index (χ1v) is 8.57. The Morgan fingerprint density at radius 3 is 2.68 bits per heavy atom. The smallest absolute Gasteiger partial charge is 0.259 e. The molecule has 0 N–H and O–H groups in total. The van der Waals surface area contributed by atoms with Gasteiger partial charge in [0.15, 0.2) is 0 Å². The van der Waals surface area contributed by atoms with E-state index >= 15 is 0 Å². The molecule has 132 valence electrons. The first-order chi connectivity index (χ1) is 11.9. The van der Waals surface area contributed by atoms with Gasteiger partial charge < -0.3 is 14.4 Å². The maximum atomic E-state index is 12.7. The maximum absolute atomic E-state index is 12.7. The average Bonchev–Trinajstić information content (AvgIpc) is 3.02. The third-order valence-corrected chi connectivity index (χ3v) is 3.98. The number of nitrogens with zero attached hydrogens (tertiary/aromatic N) is 2. The number of hydrogen-bond donors (Lipinski definition) is 0. The zero-order valence-electron chi connectivity index (χ0n) is 15.0. The van der Waals surface area contributed by atoms with Crippen LogP contribution in [-0.4, -0.2) is 36.3 Å². The average molecular weight is 340 g/mol. The Morgan fingerprint density at radius 1 is 1.16 bits per heavy atom. The zero-order chi connectivity index (χ0) is 17.9. The number of fused-ring (bicyclic) bond motifs is 1. The van der Waals surface area contributed by atoms with Crippen molar-refractivity contribution in [1.82, 2.24) is 4.98 Å². The lowest BCUT2D eigenvalue weighted by Gasteiger charge is -2.19. The minimum Gasteiger partial charge on any atom is -0.475 e. The van der Waals surface area contributed by atoms with Crippen molar-refractivity contribution < 1.29 is 14.3 Å². The molecule has 3 rings (SSSR count). The van der Waals surface area contributed by atoms with Gasteiger partial charge in [-0.1, -0.05) is 18.2 Å². The second kappa shape index (κ2) is 7.23. The number of hydrogen-bond acceptors (Lipinski definition) is 4. The summed E-state index contributed by atoms with van der Waals surface area (Å²) < 4.78 is 11.2. The second-order valence-electron chi connectivity index (χ2n) is 7.03. The number of pyridine rings is 1. The van der Waals surface area contributed by atoms with Crippen LogP contribution in [0.5, 0.6) is 5.88 Å². The molecule has 25 heavy (non-hydrogen) atoms. The number of anilines is 1. The topological polar surface area (TPSA) is 51.7 Å². The number of ether oxygens (including phenoxy) is 2. The number of rotatable bonds is 5. The highest BCUT2D eigenvalue weighted by molar-refractivity contribution is 6.07. The molecule has 0 bridgehead atoms. The van der Waals surface area contributed by atoms with E-state index in [1.54, 1.807) is 18.3 Å². The second-order valence-corrected chi connectivity index (χ2v) is 7.03. The molecule has 0 radical (unpaired) electrons. The van der Waals surface area contributed by atoms with Gasteiger partial charge in [-0.25, -0.2) is 4.98 Å². The lowest BCUT2D eigenvalue weighted by molar-refractivity contribution is -0.0168. The molecular formula is C20H24N2O3. The molecule has 5 heteroatoms. The van der Waals surface area contributed by atoms with Crippen LogP contribution in [-0.2, 0) is 11.2 Å². The van der Waals surface area contributed by atoms with Gasteiger partial charge >= 0.3 is 0 Å². The van der Waals surface area contributed by atoms with Gasteiger partial charge in [0.05, 0.1) is 17.8 Å². The van der Waals surface area contributed by atoms with Crippen molar-refractivity contribution in [3.63, 3.8) is 0 Å². The van der Waals surface area contributed by atoms with E-state index in [9.17, 15) is 4.79 Å². The molecule has 0 unspecified atom stereocenters. The number of carbonyl (C=O) groups is 1. The summed E-state index contributed by atoms with van der Waals surface area (Å²) in [6, 6.07) is 11.5. The van der Waals surface area contributed by atoms with Gasteiger partial charge in [-0.2, -0.15) is 0 Å². The fourth-order valence-electron chi connectivity index (χ4n) is 2.79. The van der Waals surface area contributed by atoms with Gasteiger partial charge in [0.2, 0.25) is 5.88 Å². The van der Waals surface area contributed by atoms with Crippen LogP contribution in [0.2, 0.25) is 0 Å². The Morgan fingerprint density at radius 2 is 1.96 bits per heavy atom. The van der Waals surface area contributed by atoms with Crippen molar-refractivity contribution in [2.45, 2.75) is 32.8 Å². The Bertz CT molecular complexity index is 735. The van der Waals surface area contributed by atoms with Crippen LogP contribution in [0, 0.1) is 0 Å². The van der Waals surface area contributed by atoms with Crippen molar-refractivity contribution in [2.75, 3.05) is 24.7 Å². The number of amides is 1. The van der Waals surface area contributed by atoms with Crippen molar-refractivity contribution in [2.24, 2.45) is 0 Å². The largest absolute Gasteiger partial charge is 0.475 e. The Balaban J connectivity index is 1.58. The SMILES string of the molecule is CC(C)(C)OCCOc1ccc(C(=O)N2CCc3ccccc32)cn1. The fourth-order valence-corrected chi connectivity index (χ4v) is 2.79. The zero-order valence-corrected chi connectivity index (χ0v) is 15.0. The van der Waals surface area contributed by atoms with Crippen molar-refractivity contribution in [3.05, 3.63) is 53.7 Å². The Hall–Kier alpha value is -2.40. The molecule has 1 aliphatic heterocycles. The van der Waals surface area contributed by atoms with Crippen LogP contribution in [0.3, 0.4) is 0 Å². The van der Waals surface area contributed by atoms with Gasteiger partial charge in [-0.3, -0.25) is 4.79 Å². The highest BCUT2D eigenvalue weighted by atomic mass is 16.5. The van der Waals surface area contributed by atoms with Crippen LogP contribution in [0.15, 0.2) is 42.6 Å². The molecule has 0 spiro atoms. The van der Waals surface area contributed by atoms with E-state index < -0.39 is 0 Å². The minimum absolute atomic E-state index is 0.0277. The molecular weight excluding hydrogens is 316 g/mol. The summed E-state index contributed by atoms with van der Waals surface area (Å²) in [6.07, 6.45) is 2.47. The quantitative estimate of drug-likeness (QED) is 0.782. The predicted octanol–water partition coefficient (Wildman–Crippen LogP) is 3.48. The molecule has 1 aromatic carbocycles. The number of carbonyl (C=O) groups excluding carboxylic acids is 1. The van der Waals surface area contributed by atoms with E-state index in [4.69, 9.17) is 9.47 Å². The summed E-state index contributed by atoms with van der Waals surface area (Å²) in [5, 5.41) is 0. The molecule has 1 aromatic heterocycles. The maximum Gasteiger partial charge on any atom is 0.259 e. The summed E-state index contributed by atoms with van der Waals surface area (Å²) in [6.45, 7) is 7.64. The third kappa shape index (κ3) is 4.37. The molecule has 0 atom stereocenters. The summed E-state index contributed by atoms with van der Waals surface area (Å²) >= 11 is 0. The van der Waals surface area contributed by atoms with Gasteiger partial charge in [-0.05, 0) is 44.9 Å². The molecule has 0 fully saturated rings. The predicted molar refractivity (Wildman–Crippen MR) is 97.3 cm³/mol. The van der Waals surface area contributed by atoms with Crippen molar-refractivity contribution in [3.8, 4) is 5.88 Å². The van der Waals surface area contributed by atoms with Gasteiger partial charge in [0.1, 0.15) is 6.61 Å². The summed E-state index contributed by atoms with van der Waals surface area (Å²) in [7, 11) is 0. The molecule has 1 amide bonds. The van der Waals surface area contributed by atoms with E-state index in [0.29, 0.717) is 31.2 Å². The standard InChI is InChI=1S/C20H24N2O3/c1-20(2,3)25-13-12-24-18-9-8-16(14-21-18)19(23)22-11-10-15-6-4-5-7-17(15)22/h4-9,14H,10-13H2,1-3H3. The summed E-state index contributed by atoms with van der Waals surface area (Å²) in [5.41, 5.74) is 2.59. The molecule has 2 heterocycles. The first-order valence-electron chi connectivity index (χ1n) is 8.57. The van der Waals surface area contributed by atoms with Gasteiger partial charge in [0.25, 0.3) is 5.91 Å². The Kier molecular flexibility index (Phi) is 5.04. The minimum atomic E-state index is -0.181. The fraction of sp³-hybridized carbons (Fsp3) is 0.400. The molecule has 0 saturated heterocycles. The Labute approximate surface area is 148 Å². The highest BCUT2D eigenvalue weighted by Crippen LogP contribution is 2.28. The molecule has 0 aliphatic carbocycles. The molecule has 0 saturated carbocycles. The molecule has 5 nitrogen and oxygen atoms in total. The van der Waals surface area contributed by atoms with E-state index in [0.717, 1.165) is 12.1 Å². The number of para-hydroxylation sites is 1. The summed E-state index contributed by atoms with van der Waals surface area (Å²) in [4.78, 5) is 18.8. The van der Waals surface area contributed by atoms with Crippen LogP contribution in [0.25, 0.3) is 0 Å². The number of benzene rings is 1. The van der Waals surface area contributed by atoms with Gasteiger partial charge in [-0.15, -0.1) is 0 Å². The summed E-state index contributed by atoms with van der Waals surface area (Å²) in [5.74, 6) is 0.468. The van der Waals surface area contributed by atoms with E-state index in [1.165, 1.54) is 5.56 Å². The monoisotopic (exact) mass is 340 g/mol. The van der Waals surface area contributed by atoms with E-state index in [1.807, 2.05) is 43.9 Å². The number of aromatic nitrogens is 1.